The molecule has 2 N–H and O–H groups in total. The number of methoxy groups -OCH3 is 1. The number of nitrogens with zero attached hydrogens (tertiary/aromatic N) is 1. The molecule has 38 heavy (non-hydrogen) atoms. The zero-order valence-corrected chi connectivity index (χ0v) is 22.6. The highest BCUT2D eigenvalue weighted by Gasteiger charge is 2.13. The molecule has 0 saturated heterocycles. The average molecular weight is 588 g/mol. The molecule has 0 spiro atoms. The van der Waals surface area contributed by atoms with Crippen LogP contribution in [0.2, 0.25) is 0 Å². The van der Waals surface area contributed by atoms with Gasteiger partial charge in [-0.15, -0.1) is 0 Å². The largest absolute Gasteiger partial charge is 0.496 e. The van der Waals surface area contributed by atoms with Crippen molar-refractivity contribution in [2.45, 2.75) is 6.61 Å². The van der Waals surface area contributed by atoms with Crippen molar-refractivity contribution >= 4 is 56.0 Å². The summed E-state index contributed by atoms with van der Waals surface area (Å²) < 4.78 is 17.8. The number of hydrogen-bond donors (Lipinski definition) is 2. The van der Waals surface area contributed by atoms with E-state index in [1.807, 2.05) is 54.6 Å². The molecule has 190 valence electrons. The molecule has 1 amide bonds. The Balaban J connectivity index is 1.22. The second-order valence-electron chi connectivity index (χ2n) is 8.26. The van der Waals surface area contributed by atoms with Gasteiger partial charge in [-0.1, -0.05) is 36.4 Å². The van der Waals surface area contributed by atoms with Crippen molar-refractivity contribution in [2.24, 2.45) is 0 Å². The molecule has 0 unspecified atom stereocenters. The number of hydrogen-bond acceptors (Lipinski definition) is 6. The molecule has 4 aromatic carbocycles. The Kier molecular flexibility index (Phi) is 7.67. The van der Waals surface area contributed by atoms with E-state index < -0.39 is 0 Å². The zero-order chi connectivity index (χ0) is 26.5. The zero-order valence-electron chi connectivity index (χ0n) is 20.2. The number of nitrogens with one attached hydrogen (secondary N) is 2. The maximum Gasteiger partial charge on any atom is 0.257 e. The first-order chi connectivity index (χ1) is 18.5. The summed E-state index contributed by atoms with van der Waals surface area (Å²) in [5.41, 5.74) is 4.22. The van der Waals surface area contributed by atoms with Gasteiger partial charge in [-0.05, 0) is 88.3 Å². The summed E-state index contributed by atoms with van der Waals surface area (Å²) >= 11 is 8.85. The number of carbonyl (C=O) groups excluding carboxylic acids is 1. The van der Waals surface area contributed by atoms with Crippen LogP contribution < -0.4 is 20.1 Å². The van der Waals surface area contributed by atoms with E-state index in [-0.39, 0.29) is 11.0 Å². The van der Waals surface area contributed by atoms with E-state index in [1.54, 1.807) is 43.5 Å². The summed E-state index contributed by atoms with van der Waals surface area (Å²) in [6, 6.07) is 27.8. The Bertz CT molecular complexity index is 1620. The predicted octanol–water partition coefficient (Wildman–Crippen LogP) is 6.97. The molecule has 0 aliphatic rings. The van der Waals surface area contributed by atoms with Crippen LogP contribution in [0.15, 0.2) is 99.9 Å². The first-order valence-corrected chi connectivity index (χ1v) is 12.8. The van der Waals surface area contributed by atoms with Gasteiger partial charge < -0.3 is 19.2 Å². The topological polar surface area (TPSA) is 85.6 Å². The lowest BCUT2D eigenvalue weighted by atomic mass is 10.2. The van der Waals surface area contributed by atoms with Gasteiger partial charge in [0.05, 0.1) is 11.6 Å². The molecule has 0 atom stereocenters. The van der Waals surface area contributed by atoms with Crippen LogP contribution in [0.1, 0.15) is 15.9 Å². The van der Waals surface area contributed by atoms with Gasteiger partial charge in [-0.3, -0.25) is 10.1 Å². The van der Waals surface area contributed by atoms with Crippen LogP contribution in [0.4, 0.5) is 5.69 Å². The monoisotopic (exact) mass is 587 g/mol. The van der Waals surface area contributed by atoms with E-state index in [2.05, 4.69) is 31.5 Å². The molecule has 5 aromatic rings. The van der Waals surface area contributed by atoms with Crippen molar-refractivity contribution in [1.29, 1.82) is 0 Å². The van der Waals surface area contributed by atoms with Gasteiger partial charge in [0.25, 0.3) is 5.91 Å². The van der Waals surface area contributed by atoms with Gasteiger partial charge in [0.1, 0.15) is 23.6 Å². The summed E-state index contributed by atoms with van der Waals surface area (Å²) in [6.45, 7) is 0.411. The van der Waals surface area contributed by atoms with Crippen LogP contribution in [0.25, 0.3) is 22.6 Å². The number of thiocarbonyl (C=S) groups is 1. The molecule has 0 bridgehead atoms. The third-order valence-corrected chi connectivity index (χ3v) is 6.44. The Hall–Kier alpha value is -4.21. The Morgan fingerprint density at radius 2 is 1.84 bits per heavy atom. The van der Waals surface area contributed by atoms with E-state index >= 15 is 0 Å². The Morgan fingerprint density at radius 3 is 2.63 bits per heavy atom. The van der Waals surface area contributed by atoms with Crippen molar-refractivity contribution < 1.29 is 18.7 Å². The molecule has 0 aliphatic heterocycles. The SMILES string of the molecule is COc1ccc(-c2nc3cc(NC(=S)NC(=O)c4cccc(OCc5ccccc5)c4)ccc3o2)cc1Br. The molecule has 0 saturated carbocycles. The first-order valence-electron chi connectivity index (χ1n) is 11.6. The fourth-order valence-electron chi connectivity index (χ4n) is 3.73. The van der Waals surface area contributed by atoms with Crippen LogP contribution in [-0.4, -0.2) is 23.1 Å². The standard InChI is InChI=1S/C29H22BrN3O4S/c1-35-25-12-10-20(15-23(25)30)28-32-24-16-21(11-13-26(24)37-28)31-29(38)33-27(34)19-8-5-9-22(14-19)36-17-18-6-3-2-4-7-18/h2-16H,17H2,1H3,(H2,31,33,34,38). The number of carbonyl (C=O) groups is 1. The minimum Gasteiger partial charge on any atom is -0.496 e. The van der Waals surface area contributed by atoms with Crippen molar-refractivity contribution in [3.63, 3.8) is 0 Å². The quantitative estimate of drug-likeness (QED) is 0.199. The van der Waals surface area contributed by atoms with Gasteiger partial charge in [0, 0.05) is 16.8 Å². The van der Waals surface area contributed by atoms with E-state index in [4.69, 9.17) is 26.1 Å². The molecular weight excluding hydrogens is 566 g/mol. The molecule has 1 aromatic heterocycles. The molecule has 5 rings (SSSR count). The summed E-state index contributed by atoms with van der Waals surface area (Å²) in [5, 5.41) is 5.90. The van der Waals surface area contributed by atoms with E-state index in [1.165, 1.54) is 0 Å². The van der Waals surface area contributed by atoms with Crippen LogP contribution in [0, 0.1) is 0 Å². The summed E-state index contributed by atoms with van der Waals surface area (Å²) in [7, 11) is 1.61. The number of amides is 1. The average Bonchev–Trinajstić information content (AvgIpc) is 3.36. The number of aromatic nitrogens is 1. The number of anilines is 1. The van der Waals surface area contributed by atoms with Crippen LogP contribution in [0.5, 0.6) is 11.5 Å². The Morgan fingerprint density at radius 1 is 1.00 bits per heavy atom. The van der Waals surface area contributed by atoms with Gasteiger partial charge in [-0.2, -0.15) is 0 Å². The third kappa shape index (κ3) is 6.01. The van der Waals surface area contributed by atoms with E-state index in [0.717, 1.165) is 21.3 Å². The molecule has 1 heterocycles. The van der Waals surface area contributed by atoms with Gasteiger partial charge in [0.2, 0.25) is 5.89 Å². The van der Waals surface area contributed by atoms with E-state index in [0.29, 0.717) is 40.6 Å². The van der Waals surface area contributed by atoms with E-state index in [9.17, 15) is 4.79 Å². The molecule has 0 fully saturated rings. The van der Waals surface area contributed by atoms with Gasteiger partial charge in [0.15, 0.2) is 10.7 Å². The molecule has 0 aliphatic carbocycles. The highest BCUT2D eigenvalue weighted by Crippen LogP contribution is 2.32. The number of benzene rings is 4. The predicted molar refractivity (Wildman–Crippen MR) is 155 cm³/mol. The number of halogens is 1. The van der Waals surface area contributed by atoms with Crippen LogP contribution in [-0.2, 0) is 6.61 Å². The lowest BCUT2D eigenvalue weighted by molar-refractivity contribution is 0.0977. The van der Waals surface area contributed by atoms with Crippen molar-refractivity contribution in [2.75, 3.05) is 12.4 Å². The number of ether oxygens (including phenoxy) is 2. The van der Waals surface area contributed by atoms with Crippen LogP contribution >= 0.6 is 28.1 Å². The molecular formula is C29H22BrN3O4S. The Labute approximate surface area is 232 Å². The maximum absolute atomic E-state index is 12.8. The summed E-state index contributed by atoms with van der Waals surface area (Å²) in [6.07, 6.45) is 0. The fraction of sp³-hybridized carbons (Fsp3) is 0.0690. The smallest absolute Gasteiger partial charge is 0.257 e. The minimum absolute atomic E-state index is 0.160. The number of oxazole rings is 1. The van der Waals surface area contributed by atoms with Crippen molar-refractivity contribution in [1.82, 2.24) is 10.3 Å². The minimum atomic E-state index is -0.345. The number of rotatable bonds is 7. The van der Waals surface area contributed by atoms with Gasteiger partial charge in [-0.25, -0.2) is 4.98 Å². The molecule has 9 heteroatoms. The third-order valence-electron chi connectivity index (χ3n) is 5.62. The lowest BCUT2D eigenvalue weighted by Crippen LogP contribution is -2.34. The normalized spacial score (nSPS) is 10.7. The summed E-state index contributed by atoms with van der Waals surface area (Å²) in [5.74, 6) is 1.45. The van der Waals surface area contributed by atoms with Crippen LogP contribution in [0.3, 0.4) is 0 Å². The molecule has 0 radical (unpaired) electrons. The summed E-state index contributed by atoms with van der Waals surface area (Å²) in [4.78, 5) is 17.4. The van der Waals surface area contributed by atoms with Gasteiger partial charge >= 0.3 is 0 Å². The second-order valence-corrected chi connectivity index (χ2v) is 9.52. The lowest BCUT2D eigenvalue weighted by Gasteiger charge is -2.11. The number of fused-ring (bicyclic) bond motifs is 1. The molecule has 7 nitrogen and oxygen atoms in total. The highest BCUT2D eigenvalue weighted by molar-refractivity contribution is 9.10. The second kappa shape index (κ2) is 11.5. The fourth-order valence-corrected chi connectivity index (χ4v) is 4.48. The van der Waals surface area contributed by atoms with Crippen molar-refractivity contribution in [3.05, 3.63) is 107 Å². The van der Waals surface area contributed by atoms with Crippen molar-refractivity contribution in [3.8, 4) is 23.0 Å². The highest BCUT2D eigenvalue weighted by atomic mass is 79.9. The maximum atomic E-state index is 12.8. The first kappa shape index (κ1) is 25.4.